The molecule has 0 N–H and O–H groups in total. The van der Waals surface area contributed by atoms with Crippen LogP contribution in [-0.2, 0) is 11.3 Å². The van der Waals surface area contributed by atoms with Gasteiger partial charge in [-0.15, -0.1) is 0 Å². The molecule has 1 aliphatic rings. The first kappa shape index (κ1) is 23.1. The molecule has 1 amide bonds. The number of anilines is 1. The monoisotopic (exact) mass is 469 g/mol. The lowest BCUT2D eigenvalue weighted by molar-refractivity contribution is 0.0680. The van der Waals surface area contributed by atoms with E-state index in [0.29, 0.717) is 25.3 Å². The van der Waals surface area contributed by atoms with Gasteiger partial charge in [-0.05, 0) is 68.3 Å². The fourth-order valence-electron chi connectivity index (χ4n) is 4.67. The number of aromatic nitrogens is 3. The number of ether oxygens (including phenoxy) is 1. The van der Waals surface area contributed by atoms with Gasteiger partial charge in [-0.3, -0.25) is 4.79 Å². The lowest BCUT2D eigenvalue weighted by Gasteiger charge is -2.27. The summed E-state index contributed by atoms with van der Waals surface area (Å²) in [7, 11) is 1.66. The van der Waals surface area contributed by atoms with Crippen LogP contribution in [0, 0.1) is 6.92 Å². The molecule has 4 aromatic rings. The van der Waals surface area contributed by atoms with Crippen molar-refractivity contribution in [3.05, 3.63) is 83.7 Å². The summed E-state index contributed by atoms with van der Waals surface area (Å²) < 4.78 is 7.13. The molecule has 35 heavy (non-hydrogen) atoms. The van der Waals surface area contributed by atoms with Gasteiger partial charge in [-0.1, -0.05) is 11.6 Å². The van der Waals surface area contributed by atoms with Crippen molar-refractivity contribution in [2.24, 2.45) is 0 Å². The van der Waals surface area contributed by atoms with Gasteiger partial charge in [-0.2, -0.15) is 5.10 Å². The molecule has 0 aliphatic carbocycles. The molecule has 5 rings (SSSR count). The van der Waals surface area contributed by atoms with E-state index in [1.807, 2.05) is 41.4 Å². The van der Waals surface area contributed by atoms with Crippen molar-refractivity contribution < 1.29 is 9.53 Å². The second-order valence-electron chi connectivity index (χ2n) is 9.08. The Kier molecular flexibility index (Phi) is 6.77. The Morgan fingerprint density at radius 3 is 2.60 bits per heavy atom. The molecule has 0 saturated carbocycles. The lowest BCUT2D eigenvalue weighted by atomic mass is 10.1. The maximum Gasteiger partial charge on any atom is 0.254 e. The summed E-state index contributed by atoms with van der Waals surface area (Å²) in [6.45, 7) is 5.54. The van der Waals surface area contributed by atoms with Crippen LogP contribution in [0.4, 0.5) is 5.82 Å². The Hall–Kier alpha value is -3.71. The Bertz CT molecular complexity index is 1300. The molecule has 1 saturated heterocycles. The van der Waals surface area contributed by atoms with Crippen LogP contribution in [0.15, 0.2) is 67.0 Å². The summed E-state index contributed by atoms with van der Waals surface area (Å²) in [6, 6.07) is 18.0. The summed E-state index contributed by atoms with van der Waals surface area (Å²) in [6.07, 6.45) is 5.96. The molecule has 0 spiro atoms. The quantitative estimate of drug-likeness (QED) is 0.377. The Balaban J connectivity index is 1.47. The van der Waals surface area contributed by atoms with E-state index in [1.54, 1.807) is 18.0 Å². The molecule has 1 fully saturated rings. The van der Waals surface area contributed by atoms with E-state index in [-0.39, 0.29) is 5.91 Å². The van der Waals surface area contributed by atoms with E-state index in [9.17, 15) is 4.79 Å². The fourth-order valence-corrected chi connectivity index (χ4v) is 4.67. The Labute approximate surface area is 205 Å². The smallest absolute Gasteiger partial charge is 0.254 e. The van der Waals surface area contributed by atoms with Crippen molar-refractivity contribution in [1.29, 1.82) is 0 Å². The first-order valence-electron chi connectivity index (χ1n) is 12.2. The summed E-state index contributed by atoms with van der Waals surface area (Å²) in [5.41, 5.74) is 4.82. The maximum atomic E-state index is 13.6. The van der Waals surface area contributed by atoms with E-state index in [0.717, 1.165) is 41.1 Å². The third kappa shape index (κ3) is 5.05. The predicted molar refractivity (Wildman–Crippen MR) is 138 cm³/mol. The number of hydrogen-bond acceptors (Lipinski definition) is 5. The molecule has 180 valence electrons. The SMILES string of the molecule is COCCN(Cc1cc2cc(C)ccc2nc1N1CCCC1)C(=O)c1ccc(-n2cccn2)cc1. The van der Waals surface area contributed by atoms with Gasteiger partial charge in [0.1, 0.15) is 5.82 Å². The normalized spacial score (nSPS) is 13.5. The second kappa shape index (κ2) is 10.3. The van der Waals surface area contributed by atoms with Gasteiger partial charge in [0.2, 0.25) is 0 Å². The minimum Gasteiger partial charge on any atom is -0.383 e. The number of carbonyl (C=O) groups excluding carboxylic acids is 1. The van der Waals surface area contributed by atoms with Gasteiger partial charge in [0.05, 0.1) is 17.8 Å². The maximum absolute atomic E-state index is 13.6. The van der Waals surface area contributed by atoms with Gasteiger partial charge in [-0.25, -0.2) is 9.67 Å². The van der Waals surface area contributed by atoms with Crippen molar-refractivity contribution in [2.75, 3.05) is 38.3 Å². The second-order valence-corrected chi connectivity index (χ2v) is 9.08. The van der Waals surface area contributed by atoms with Crippen molar-refractivity contribution in [3.63, 3.8) is 0 Å². The number of rotatable bonds is 8. The van der Waals surface area contributed by atoms with Gasteiger partial charge in [0.25, 0.3) is 5.91 Å². The highest BCUT2D eigenvalue weighted by molar-refractivity contribution is 5.94. The third-order valence-corrected chi connectivity index (χ3v) is 6.53. The molecule has 7 nitrogen and oxygen atoms in total. The number of pyridine rings is 1. The number of carbonyl (C=O) groups is 1. The molecule has 0 unspecified atom stereocenters. The highest BCUT2D eigenvalue weighted by Crippen LogP contribution is 2.28. The summed E-state index contributed by atoms with van der Waals surface area (Å²) in [4.78, 5) is 22.9. The molecule has 7 heteroatoms. The standard InChI is InChI=1S/C28H31N5O2/c1-21-6-11-26-23(18-21)19-24(27(30-26)31-13-3-4-14-31)20-32(16-17-35-2)28(34)22-7-9-25(10-8-22)33-15-5-12-29-33/h5-12,15,18-19H,3-4,13-14,16-17,20H2,1-2H3. The topological polar surface area (TPSA) is 63.5 Å². The van der Waals surface area contributed by atoms with Crippen LogP contribution in [-0.4, -0.2) is 58.9 Å². The van der Waals surface area contributed by atoms with E-state index in [1.165, 1.54) is 18.4 Å². The van der Waals surface area contributed by atoms with Gasteiger partial charge in [0.15, 0.2) is 0 Å². The van der Waals surface area contributed by atoms with E-state index in [2.05, 4.69) is 41.2 Å². The van der Waals surface area contributed by atoms with Crippen molar-refractivity contribution in [2.45, 2.75) is 26.3 Å². The molecular formula is C28H31N5O2. The number of nitrogens with zero attached hydrogens (tertiary/aromatic N) is 5. The van der Waals surface area contributed by atoms with Crippen LogP contribution in [0.1, 0.15) is 34.3 Å². The first-order valence-corrected chi connectivity index (χ1v) is 12.2. The van der Waals surface area contributed by atoms with E-state index >= 15 is 0 Å². The molecule has 0 atom stereocenters. The number of aryl methyl sites for hydroxylation is 1. The third-order valence-electron chi connectivity index (χ3n) is 6.53. The Morgan fingerprint density at radius 1 is 1.09 bits per heavy atom. The fraction of sp³-hybridized carbons (Fsp3) is 0.321. The lowest BCUT2D eigenvalue weighted by Crippen LogP contribution is -2.34. The first-order chi connectivity index (χ1) is 17.1. The van der Waals surface area contributed by atoms with Crippen LogP contribution in [0.2, 0.25) is 0 Å². The average molecular weight is 470 g/mol. The predicted octanol–water partition coefficient (Wildman–Crippen LogP) is 4.62. The molecular weight excluding hydrogens is 438 g/mol. The van der Waals surface area contributed by atoms with Crippen molar-refractivity contribution in [1.82, 2.24) is 19.7 Å². The Morgan fingerprint density at radius 2 is 1.89 bits per heavy atom. The molecule has 0 bridgehead atoms. The number of hydrogen-bond donors (Lipinski definition) is 0. The number of methoxy groups -OCH3 is 1. The van der Waals surface area contributed by atoms with Gasteiger partial charge < -0.3 is 14.5 Å². The van der Waals surface area contributed by atoms with Crippen LogP contribution >= 0.6 is 0 Å². The molecule has 2 aromatic heterocycles. The summed E-state index contributed by atoms with van der Waals surface area (Å²) >= 11 is 0. The highest BCUT2D eigenvalue weighted by Gasteiger charge is 2.22. The number of amides is 1. The van der Waals surface area contributed by atoms with Gasteiger partial charge >= 0.3 is 0 Å². The molecule has 3 heterocycles. The zero-order valence-corrected chi connectivity index (χ0v) is 20.4. The summed E-state index contributed by atoms with van der Waals surface area (Å²) in [5, 5.41) is 5.37. The zero-order chi connectivity index (χ0) is 24.2. The largest absolute Gasteiger partial charge is 0.383 e. The number of fused-ring (bicyclic) bond motifs is 1. The minimum atomic E-state index is -0.0224. The van der Waals surface area contributed by atoms with Crippen LogP contribution < -0.4 is 4.90 Å². The van der Waals surface area contributed by atoms with Crippen LogP contribution in [0.25, 0.3) is 16.6 Å². The van der Waals surface area contributed by atoms with Crippen molar-refractivity contribution >= 4 is 22.6 Å². The highest BCUT2D eigenvalue weighted by atomic mass is 16.5. The zero-order valence-electron chi connectivity index (χ0n) is 20.4. The van der Waals surface area contributed by atoms with Crippen molar-refractivity contribution in [3.8, 4) is 5.69 Å². The van der Waals surface area contributed by atoms with E-state index < -0.39 is 0 Å². The van der Waals surface area contributed by atoms with E-state index in [4.69, 9.17) is 9.72 Å². The number of benzene rings is 2. The minimum absolute atomic E-state index is 0.0224. The van der Waals surface area contributed by atoms with Crippen LogP contribution in [0.3, 0.4) is 0 Å². The molecule has 1 aliphatic heterocycles. The molecule has 0 radical (unpaired) electrons. The molecule has 2 aromatic carbocycles. The average Bonchev–Trinajstić information content (AvgIpc) is 3.61. The summed E-state index contributed by atoms with van der Waals surface area (Å²) in [5.74, 6) is 0.967. The van der Waals surface area contributed by atoms with Gasteiger partial charge in [0, 0.05) is 62.2 Å². The van der Waals surface area contributed by atoms with Crippen LogP contribution in [0.5, 0.6) is 0 Å².